The first-order valence-corrected chi connectivity index (χ1v) is 12.6. The third-order valence-electron chi connectivity index (χ3n) is 5.95. The average Bonchev–Trinajstić information content (AvgIpc) is 2.98. The monoisotopic (exact) mass is 535 g/mol. The van der Waals surface area contributed by atoms with Gasteiger partial charge in [0.15, 0.2) is 11.5 Å². The predicted octanol–water partition coefficient (Wildman–Crippen LogP) is 4.67. The van der Waals surface area contributed by atoms with Gasteiger partial charge in [0, 0.05) is 17.8 Å². The molecule has 0 radical (unpaired) electrons. The molecule has 40 heavy (non-hydrogen) atoms. The molecule has 0 aliphatic heterocycles. The zero-order chi connectivity index (χ0) is 28.3. The largest absolute Gasteiger partial charge is 0.504 e. The molecule has 0 aliphatic rings. The number of hydrogen-bond acceptors (Lipinski definition) is 5. The van der Waals surface area contributed by atoms with Crippen LogP contribution in [-0.2, 0) is 22.6 Å². The quantitative estimate of drug-likeness (QED) is 0.220. The van der Waals surface area contributed by atoms with E-state index in [0.29, 0.717) is 23.4 Å². The molecule has 0 unspecified atom stereocenters. The summed E-state index contributed by atoms with van der Waals surface area (Å²) in [6, 6.07) is 29.7. The van der Waals surface area contributed by atoms with E-state index in [2.05, 4.69) is 16.0 Å². The fourth-order valence-corrected chi connectivity index (χ4v) is 3.84. The number of phenols is 1. The van der Waals surface area contributed by atoms with Crippen LogP contribution < -0.4 is 20.7 Å². The number of hydrogen-bond donors (Lipinski definition) is 4. The summed E-state index contributed by atoms with van der Waals surface area (Å²) in [6.45, 7) is 0.449. The smallest absolute Gasteiger partial charge is 0.272 e. The third-order valence-corrected chi connectivity index (χ3v) is 5.95. The van der Waals surface area contributed by atoms with Crippen molar-refractivity contribution >= 4 is 29.5 Å². The second kappa shape index (κ2) is 13.4. The third kappa shape index (κ3) is 7.82. The first kappa shape index (κ1) is 27.7. The van der Waals surface area contributed by atoms with Crippen LogP contribution in [-0.4, -0.2) is 29.9 Å². The van der Waals surface area contributed by atoms with Gasteiger partial charge < -0.3 is 25.8 Å². The maximum Gasteiger partial charge on any atom is 0.272 e. The minimum atomic E-state index is -0.551. The Morgan fingerprint density at radius 1 is 0.825 bits per heavy atom. The number of nitrogens with one attached hydrogen (secondary N) is 3. The van der Waals surface area contributed by atoms with Crippen LogP contribution in [0.3, 0.4) is 0 Å². The molecule has 0 bridgehead atoms. The summed E-state index contributed by atoms with van der Waals surface area (Å²) >= 11 is 0. The van der Waals surface area contributed by atoms with Crippen molar-refractivity contribution in [1.82, 2.24) is 10.6 Å². The molecule has 0 spiro atoms. The lowest BCUT2D eigenvalue weighted by Gasteiger charge is -2.12. The molecule has 0 saturated heterocycles. The molecule has 8 nitrogen and oxygen atoms in total. The number of methoxy groups -OCH3 is 1. The summed E-state index contributed by atoms with van der Waals surface area (Å²) in [5.74, 6) is -0.938. The van der Waals surface area contributed by atoms with Crippen molar-refractivity contribution in [2.24, 2.45) is 0 Å². The van der Waals surface area contributed by atoms with Crippen LogP contribution in [0.15, 0.2) is 109 Å². The lowest BCUT2D eigenvalue weighted by Crippen LogP contribution is -2.30. The van der Waals surface area contributed by atoms with Crippen molar-refractivity contribution in [3.05, 3.63) is 131 Å². The molecule has 0 heterocycles. The van der Waals surface area contributed by atoms with Crippen molar-refractivity contribution in [3.63, 3.8) is 0 Å². The van der Waals surface area contributed by atoms with E-state index in [1.165, 1.54) is 19.3 Å². The van der Waals surface area contributed by atoms with Gasteiger partial charge in [-0.1, -0.05) is 66.7 Å². The molecular weight excluding hydrogens is 506 g/mol. The number of rotatable bonds is 10. The van der Waals surface area contributed by atoms with Gasteiger partial charge in [-0.25, -0.2) is 0 Å². The van der Waals surface area contributed by atoms with Gasteiger partial charge in [0.2, 0.25) is 5.91 Å². The Bertz CT molecular complexity index is 1500. The standard InChI is InChI=1S/C32H29N3O5/c1-40-29-19-24(14-17-28(29)36)18-27(35-31(38)25-10-6-3-7-11-25)32(39)34-26-15-12-22(13-16-26)20-30(37)33-21-23-8-4-2-5-9-23/h2-19,36H,20-21H2,1H3,(H,33,37)(H,34,39)(H,35,38). The van der Waals surface area contributed by atoms with Crippen LogP contribution in [0, 0.1) is 0 Å². The molecule has 0 saturated carbocycles. The summed E-state index contributed by atoms with van der Waals surface area (Å²) in [5, 5.41) is 18.3. The molecule has 4 N–H and O–H groups in total. The molecule has 0 aromatic heterocycles. The molecule has 202 valence electrons. The first-order chi connectivity index (χ1) is 19.4. The Morgan fingerprint density at radius 2 is 1.50 bits per heavy atom. The van der Waals surface area contributed by atoms with E-state index in [1.54, 1.807) is 66.7 Å². The summed E-state index contributed by atoms with van der Waals surface area (Å²) in [7, 11) is 1.42. The molecule has 4 aromatic carbocycles. The number of anilines is 1. The van der Waals surface area contributed by atoms with Crippen molar-refractivity contribution in [3.8, 4) is 11.5 Å². The SMILES string of the molecule is COc1cc(C=C(NC(=O)c2ccccc2)C(=O)Nc2ccc(CC(=O)NCc3ccccc3)cc2)ccc1O. The summed E-state index contributed by atoms with van der Waals surface area (Å²) < 4.78 is 5.15. The first-order valence-electron chi connectivity index (χ1n) is 12.6. The maximum atomic E-state index is 13.2. The number of phenolic OH excluding ortho intramolecular Hbond substituents is 1. The van der Waals surface area contributed by atoms with Crippen molar-refractivity contribution in [2.45, 2.75) is 13.0 Å². The Morgan fingerprint density at radius 3 is 2.17 bits per heavy atom. The van der Waals surface area contributed by atoms with Gasteiger partial charge in [-0.15, -0.1) is 0 Å². The zero-order valence-electron chi connectivity index (χ0n) is 21.9. The highest BCUT2D eigenvalue weighted by molar-refractivity contribution is 6.10. The number of benzene rings is 4. The fraction of sp³-hybridized carbons (Fsp3) is 0.0938. The minimum Gasteiger partial charge on any atom is -0.504 e. The highest BCUT2D eigenvalue weighted by Crippen LogP contribution is 2.27. The van der Waals surface area contributed by atoms with E-state index < -0.39 is 11.8 Å². The number of carbonyl (C=O) groups is 3. The van der Waals surface area contributed by atoms with Crippen LogP contribution in [0.2, 0.25) is 0 Å². The average molecular weight is 536 g/mol. The zero-order valence-corrected chi connectivity index (χ0v) is 21.9. The molecule has 4 rings (SSSR count). The predicted molar refractivity (Wildman–Crippen MR) is 154 cm³/mol. The number of aromatic hydroxyl groups is 1. The summed E-state index contributed by atoms with van der Waals surface area (Å²) in [6.07, 6.45) is 1.69. The Hall–Kier alpha value is -5.37. The van der Waals surface area contributed by atoms with Gasteiger partial charge in [0.25, 0.3) is 11.8 Å². The van der Waals surface area contributed by atoms with E-state index in [9.17, 15) is 19.5 Å². The lowest BCUT2D eigenvalue weighted by molar-refractivity contribution is -0.120. The van der Waals surface area contributed by atoms with E-state index in [-0.39, 0.29) is 29.5 Å². The Kier molecular flexibility index (Phi) is 9.29. The van der Waals surface area contributed by atoms with Crippen molar-refractivity contribution < 1.29 is 24.2 Å². The lowest BCUT2D eigenvalue weighted by atomic mass is 10.1. The molecule has 0 fully saturated rings. The van der Waals surface area contributed by atoms with Gasteiger partial charge in [-0.05, 0) is 59.2 Å². The molecule has 0 atom stereocenters. The highest BCUT2D eigenvalue weighted by Gasteiger charge is 2.16. The van der Waals surface area contributed by atoms with Gasteiger partial charge in [0.1, 0.15) is 5.70 Å². The molecular formula is C32H29N3O5. The van der Waals surface area contributed by atoms with Gasteiger partial charge in [0.05, 0.1) is 13.5 Å². The van der Waals surface area contributed by atoms with Gasteiger partial charge >= 0.3 is 0 Å². The Labute approximate surface area is 232 Å². The second-order valence-corrected chi connectivity index (χ2v) is 8.90. The molecule has 3 amide bonds. The van der Waals surface area contributed by atoms with Crippen LogP contribution in [0.5, 0.6) is 11.5 Å². The van der Waals surface area contributed by atoms with Gasteiger partial charge in [-0.3, -0.25) is 14.4 Å². The minimum absolute atomic E-state index is 0.00837. The van der Waals surface area contributed by atoms with E-state index in [1.807, 2.05) is 30.3 Å². The highest BCUT2D eigenvalue weighted by atomic mass is 16.5. The Balaban J connectivity index is 1.45. The van der Waals surface area contributed by atoms with Crippen LogP contribution in [0.25, 0.3) is 6.08 Å². The maximum absolute atomic E-state index is 13.2. The van der Waals surface area contributed by atoms with E-state index in [4.69, 9.17) is 4.74 Å². The fourth-order valence-electron chi connectivity index (χ4n) is 3.84. The normalized spacial score (nSPS) is 10.9. The summed E-state index contributed by atoms with van der Waals surface area (Å²) in [5.41, 5.74) is 3.20. The number of amides is 3. The van der Waals surface area contributed by atoms with E-state index >= 15 is 0 Å². The van der Waals surface area contributed by atoms with E-state index in [0.717, 1.165) is 11.1 Å². The van der Waals surface area contributed by atoms with Crippen molar-refractivity contribution in [2.75, 3.05) is 12.4 Å². The molecule has 0 aliphatic carbocycles. The van der Waals surface area contributed by atoms with Crippen LogP contribution in [0.4, 0.5) is 5.69 Å². The number of ether oxygens (including phenoxy) is 1. The van der Waals surface area contributed by atoms with Crippen LogP contribution >= 0.6 is 0 Å². The topological polar surface area (TPSA) is 117 Å². The number of carbonyl (C=O) groups excluding carboxylic acids is 3. The molecule has 4 aromatic rings. The molecule has 8 heteroatoms. The van der Waals surface area contributed by atoms with Gasteiger partial charge in [-0.2, -0.15) is 0 Å². The van der Waals surface area contributed by atoms with Crippen LogP contribution in [0.1, 0.15) is 27.0 Å². The van der Waals surface area contributed by atoms with Crippen molar-refractivity contribution in [1.29, 1.82) is 0 Å². The summed E-state index contributed by atoms with van der Waals surface area (Å²) in [4.78, 5) is 38.4. The second-order valence-electron chi connectivity index (χ2n) is 8.90.